The number of para-hydroxylation sites is 1. The number of carbonyl (C=O) groups is 1. The third-order valence-electron chi connectivity index (χ3n) is 6.76. The van der Waals surface area contributed by atoms with Crippen molar-refractivity contribution < 1.29 is 9.90 Å². The number of imidazole rings is 1. The lowest BCUT2D eigenvalue weighted by Gasteiger charge is -2.37. The number of rotatable bonds is 7. The van der Waals surface area contributed by atoms with E-state index in [0.29, 0.717) is 12.2 Å². The van der Waals surface area contributed by atoms with Crippen LogP contribution in [0.1, 0.15) is 33.1 Å². The summed E-state index contributed by atoms with van der Waals surface area (Å²) in [6, 6.07) is 16.3. The lowest BCUT2D eigenvalue weighted by Crippen LogP contribution is -2.50. The molecule has 0 radical (unpaired) electrons. The highest BCUT2D eigenvalue weighted by atomic mass is 35.5. The van der Waals surface area contributed by atoms with Crippen molar-refractivity contribution in [3.05, 3.63) is 76.9 Å². The van der Waals surface area contributed by atoms with Gasteiger partial charge in [0.15, 0.2) is 0 Å². The first-order chi connectivity index (χ1) is 16.3. The van der Waals surface area contributed by atoms with Gasteiger partial charge in [0.2, 0.25) is 0 Å². The molecule has 0 saturated carbocycles. The molecule has 1 saturated heterocycles. The van der Waals surface area contributed by atoms with E-state index in [9.17, 15) is 9.90 Å². The Labute approximate surface area is 226 Å². The molecular formula is C27H37Cl2N5O2. The second-order valence-corrected chi connectivity index (χ2v) is 9.13. The Balaban J connectivity index is 0.00000228. The molecule has 1 amide bonds. The molecule has 2 N–H and O–H groups in total. The molecule has 196 valence electrons. The molecule has 0 unspecified atom stereocenters. The van der Waals surface area contributed by atoms with Gasteiger partial charge in [-0.1, -0.05) is 30.3 Å². The Hall–Kier alpha value is -2.58. The Morgan fingerprint density at radius 2 is 1.64 bits per heavy atom. The average Bonchev–Trinajstić information content (AvgIpc) is 3.14. The summed E-state index contributed by atoms with van der Waals surface area (Å²) < 4.78 is 1.97. The largest absolute Gasteiger partial charge is 0.390 e. The number of aliphatic hydroxyl groups is 1. The first-order valence-electron chi connectivity index (χ1n) is 12.0. The van der Waals surface area contributed by atoms with E-state index in [-0.39, 0.29) is 37.3 Å². The van der Waals surface area contributed by atoms with Crippen LogP contribution in [0.4, 0.5) is 5.69 Å². The van der Waals surface area contributed by atoms with Crippen LogP contribution in [0.3, 0.4) is 0 Å². The molecule has 0 spiro atoms. The normalized spacial score (nSPS) is 14.5. The number of aromatic nitrogens is 2. The minimum atomic E-state index is -0.631. The first-order valence-corrected chi connectivity index (χ1v) is 12.0. The van der Waals surface area contributed by atoms with Gasteiger partial charge >= 0.3 is 0 Å². The van der Waals surface area contributed by atoms with Gasteiger partial charge in [-0.05, 0) is 57.0 Å². The molecule has 1 fully saturated rings. The van der Waals surface area contributed by atoms with Gasteiger partial charge in [0.25, 0.3) is 5.91 Å². The summed E-state index contributed by atoms with van der Waals surface area (Å²) in [6.45, 7) is 12.5. The van der Waals surface area contributed by atoms with E-state index in [1.807, 2.05) is 48.7 Å². The van der Waals surface area contributed by atoms with Gasteiger partial charge in [0, 0.05) is 50.6 Å². The minimum Gasteiger partial charge on any atom is -0.390 e. The van der Waals surface area contributed by atoms with Crippen molar-refractivity contribution in [1.29, 1.82) is 0 Å². The molecule has 3 aromatic rings. The molecule has 1 aliphatic rings. The van der Waals surface area contributed by atoms with Gasteiger partial charge < -0.3 is 19.9 Å². The Bertz CT molecular complexity index is 1140. The van der Waals surface area contributed by atoms with E-state index in [1.54, 1.807) is 0 Å². The van der Waals surface area contributed by atoms with Crippen LogP contribution in [0, 0.1) is 27.7 Å². The summed E-state index contributed by atoms with van der Waals surface area (Å²) in [6.07, 6.45) is -0.631. The predicted molar refractivity (Wildman–Crippen MR) is 150 cm³/mol. The Kier molecular flexibility index (Phi) is 10.8. The maximum atomic E-state index is 12.8. The summed E-state index contributed by atoms with van der Waals surface area (Å²) in [5.41, 5.74) is 6.11. The number of nitrogens with one attached hydrogen (secondary N) is 1. The number of halogens is 2. The second-order valence-electron chi connectivity index (χ2n) is 9.13. The van der Waals surface area contributed by atoms with E-state index in [0.717, 1.165) is 43.4 Å². The minimum absolute atomic E-state index is 0. The summed E-state index contributed by atoms with van der Waals surface area (Å²) in [7, 11) is 0. The average molecular weight is 535 g/mol. The molecule has 2 heterocycles. The highest BCUT2D eigenvalue weighted by Crippen LogP contribution is 2.24. The van der Waals surface area contributed by atoms with Crippen LogP contribution in [0.5, 0.6) is 0 Å². The number of aliphatic hydroxyl groups excluding tert-OH is 1. The number of β-amino-alcohol motifs (C(OH)–C–C–N with tert-alkyl or cyclic N) is 1. The maximum absolute atomic E-state index is 12.8. The van der Waals surface area contributed by atoms with Gasteiger partial charge in [0.1, 0.15) is 11.5 Å². The van der Waals surface area contributed by atoms with Crippen LogP contribution >= 0.6 is 24.8 Å². The molecule has 0 bridgehead atoms. The molecule has 7 nitrogen and oxygen atoms in total. The fraction of sp³-hybridized carbons (Fsp3) is 0.407. The van der Waals surface area contributed by atoms with Crippen LogP contribution in [0.25, 0.3) is 5.69 Å². The predicted octanol–water partition coefficient (Wildman–Crippen LogP) is 3.86. The molecule has 9 heteroatoms. The van der Waals surface area contributed by atoms with Crippen molar-refractivity contribution in [2.75, 3.05) is 44.2 Å². The molecule has 1 aromatic heterocycles. The van der Waals surface area contributed by atoms with E-state index < -0.39 is 6.10 Å². The highest BCUT2D eigenvalue weighted by molar-refractivity contribution is 5.93. The van der Waals surface area contributed by atoms with E-state index in [1.165, 1.54) is 16.8 Å². The second kappa shape index (κ2) is 13.1. The van der Waals surface area contributed by atoms with Gasteiger partial charge in [-0.25, -0.2) is 4.98 Å². The molecule has 1 atom stereocenters. The van der Waals surface area contributed by atoms with Crippen molar-refractivity contribution in [3.8, 4) is 5.69 Å². The van der Waals surface area contributed by atoms with Crippen LogP contribution in [-0.4, -0.2) is 70.8 Å². The molecule has 1 aliphatic heterocycles. The molecule has 36 heavy (non-hydrogen) atoms. The number of piperazine rings is 1. The SMILES string of the molecule is Cc1cccc(N2CCN(C[C@@H](O)CNC(=O)c3nc(C)n(-c4ccccc4)c3C)CC2)c1C.Cl.Cl. The molecule has 2 aromatic carbocycles. The third kappa shape index (κ3) is 6.59. The summed E-state index contributed by atoms with van der Waals surface area (Å²) in [5, 5.41) is 13.4. The van der Waals surface area contributed by atoms with Crippen molar-refractivity contribution in [3.63, 3.8) is 0 Å². The summed E-state index contributed by atoms with van der Waals surface area (Å²) >= 11 is 0. The fourth-order valence-corrected chi connectivity index (χ4v) is 4.72. The van der Waals surface area contributed by atoms with Gasteiger partial charge in [-0.15, -0.1) is 24.8 Å². The number of hydrogen-bond acceptors (Lipinski definition) is 5. The maximum Gasteiger partial charge on any atom is 0.271 e. The number of hydrogen-bond donors (Lipinski definition) is 2. The smallest absolute Gasteiger partial charge is 0.271 e. The summed E-state index contributed by atoms with van der Waals surface area (Å²) in [4.78, 5) is 22.0. The van der Waals surface area contributed by atoms with Crippen molar-refractivity contribution >= 4 is 36.4 Å². The number of amides is 1. The lowest BCUT2D eigenvalue weighted by molar-refractivity contribution is 0.0847. The van der Waals surface area contributed by atoms with Gasteiger partial charge in [0.05, 0.1) is 11.8 Å². The standard InChI is InChI=1S/C27H35N5O2.2ClH/c1-19-9-8-12-25(20(19)2)31-15-13-30(14-16-31)18-24(33)17-28-27(34)26-21(3)32(22(4)29-26)23-10-6-5-7-11-23;;/h5-12,24,33H,13-18H2,1-4H3,(H,28,34);2*1H/t24-;;/m0../s1. The van der Waals surface area contributed by atoms with E-state index >= 15 is 0 Å². The van der Waals surface area contributed by atoms with Crippen LogP contribution < -0.4 is 10.2 Å². The zero-order valence-corrected chi connectivity index (χ0v) is 23.0. The zero-order chi connectivity index (χ0) is 24.2. The number of anilines is 1. The zero-order valence-electron chi connectivity index (χ0n) is 21.4. The first kappa shape index (κ1) is 29.6. The van der Waals surface area contributed by atoms with E-state index in [2.05, 4.69) is 52.1 Å². The topological polar surface area (TPSA) is 73.6 Å². The monoisotopic (exact) mass is 533 g/mol. The quantitative estimate of drug-likeness (QED) is 0.482. The van der Waals surface area contributed by atoms with Gasteiger partial charge in [-0.2, -0.15) is 0 Å². The van der Waals surface area contributed by atoms with Crippen LogP contribution in [0.2, 0.25) is 0 Å². The fourth-order valence-electron chi connectivity index (χ4n) is 4.72. The Morgan fingerprint density at radius 1 is 0.972 bits per heavy atom. The number of nitrogens with zero attached hydrogens (tertiary/aromatic N) is 4. The van der Waals surface area contributed by atoms with Crippen LogP contribution in [-0.2, 0) is 0 Å². The lowest BCUT2D eigenvalue weighted by atomic mass is 10.1. The van der Waals surface area contributed by atoms with Crippen molar-refractivity contribution in [2.24, 2.45) is 0 Å². The number of carbonyl (C=O) groups excluding carboxylic acids is 1. The third-order valence-corrected chi connectivity index (χ3v) is 6.76. The molecule has 4 rings (SSSR count). The highest BCUT2D eigenvalue weighted by Gasteiger charge is 2.22. The summed E-state index contributed by atoms with van der Waals surface area (Å²) in [5.74, 6) is 0.505. The number of benzene rings is 2. The molecular weight excluding hydrogens is 497 g/mol. The van der Waals surface area contributed by atoms with E-state index in [4.69, 9.17) is 0 Å². The number of aryl methyl sites for hydroxylation is 2. The Morgan fingerprint density at radius 3 is 2.31 bits per heavy atom. The van der Waals surface area contributed by atoms with Crippen molar-refractivity contribution in [1.82, 2.24) is 19.8 Å². The van der Waals surface area contributed by atoms with Crippen LogP contribution in [0.15, 0.2) is 48.5 Å². The van der Waals surface area contributed by atoms with Gasteiger partial charge in [-0.3, -0.25) is 9.69 Å². The molecule has 0 aliphatic carbocycles. The van der Waals surface area contributed by atoms with Crippen molar-refractivity contribution in [2.45, 2.75) is 33.8 Å².